The molecule has 0 amide bonds. The fraction of sp³-hybridized carbons (Fsp3) is 0.600. The molecule has 0 unspecified atom stereocenters. The first-order valence-corrected chi connectivity index (χ1v) is 2.28. The van der Waals surface area contributed by atoms with E-state index < -0.39 is 0 Å². The van der Waals surface area contributed by atoms with E-state index in [1.165, 1.54) is 0 Å². The minimum absolute atomic E-state index is 0.792. The second kappa shape index (κ2) is 1.98. The Morgan fingerprint density at radius 2 is 1.71 bits per heavy atom. The molecule has 2 nitrogen and oxygen atoms in total. The molecule has 0 aromatic carbocycles. The first-order chi connectivity index (χ1) is 3.39. The molecule has 2 heteroatoms. The molecule has 0 aliphatic carbocycles. The highest BCUT2D eigenvalue weighted by molar-refractivity contribution is 4.94. The van der Waals surface area contributed by atoms with Gasteiger partial charge in [0, 0.05) is 0 Å². The van der Waals surface area contributed by atoms with Crippen LogP contribution in [0.1, 0.15) is 0 Å². The minimum Gasteiger partial charge on any atom is -0.487 e. The Bertz CT molecular complexity index is 67.4. The molecule has 0 aromatic heterocycles. The van der Waals surface area contributed by atoms with E-state index in [1.807, 2.05) is 0 Å². The lowest BCUT2D eigenvalue weighted by Gasteiger charge is -1.39. The van der Waals surface area contributed by atoms with Crippen molar-refractivity contribution in [3.63, 3.8) is 0 Å². The molecule has 2 fully saturated rings. The monoisotopic (exact) mass is 100 g/mol. The minimum atomic E-state index is 0.792. The van der Waals surface area contributed by atoms with Gasteiger partial charge in [0.1, 0.15) is 12.4 Å². The summed E-state index contributed by atoms with van der Waals surface area (Å²) in [6, 6.07) is 0. The third-order valence-electron chi connectivity index (χ3n) is 0.553. The molecule has 2 aliphatic heterocycles. The van der Waals surface area contributed by atoms with Crippen LogP contribution in [0.25, 0.3) is 0 Å². The van der Waals surface area contributed by atoms with Gasteiger partial charge in [-0.15, -0.1) is 0 Å². The number of epoxide rings is 2. The highest BCUT2D eigenvalue weighted by atomic mass is 16.6. The van der Waals surface area contributed by atoms with Crippen molar-refractivity contribution < 1.29 is 9.47 Å². The maximum Gasteiger partial charge on any atom is 0.144 e. The summed E-state index contributed by atoms with van der Waals surface area (Å²) in [6.07, 6.45) is 0. The highest BCUT2D eigenvalue weighted by Crippen LogP contribution is 2.07. The Kier molecular flexibility index (Phi) is 1.32. The van der Waals surface area contributed by atoms with Crippen molar-refractivity contribution in [3.8, 4) is 0 Å². The Morgan fingerprint density at radius 3 is 1.71 bits per heavy atom. The van der Waals surface area contributed by atoms with Crippen LogP contribution in [0.2, 0.25) is 0 Å². The molecule has 2 aliphatic rings. The maximum atomic E-state index is 4.51. The first-order valence-electron chi connectivity index (χ1n) is 2.28. The van der Waals surface area contributed by atoms with Crippen molar-refractivity contribution in [2.45, 2.75) is 0 Å². The van der Waals surface area contributed by atoms with E-state index in [4.69, 9.17) is 0 Å². The van der Waals surface area contributed by atoms with Crippen LogP contribution in [0, 0.1) is 0 Å². The van der Waals surface area contributed by atoms with E-state index in [2.05, 4.69) is 16.1 Å². The molecule has 7 heavy (non-hydrogen) atoms. The summed E-state index contributed by atoms with van der Waals surface area (Å²) in [5.41, 5.74) is 0. The second-order valence-corrected chi connectivity index (χ2v) is 1.44. The zero-order chi connectivity index (χ0) is 5.11. The van der Waals surface area contributed by atoms with Crippen molar-refractivity contribution >= 4 is 0 Å². The zero-order valence-electron chi connectivity index (χ0n) is 4.14. The average Bonchev–Trinajstić information content (AvgIpc) is 2.27. The van der Waals surface area contributed by atoms with Gasteiger partial charge in [0.2, 0.25) is 0 Å². The predicted molar refractivity (Wildman–Crippen MR) is 25.9 cm³/mol. The summed E-state index contributed by atoms with van der Waals surface area (Å²) in [6.45, 7) is 6.24. The van der Waals surface area contributed by atoms with Gasteiger partial charge in [-0.25, -0.2) is 0 Å². The maximum absolute atomic E-state index is 4.51. The summed E-state index contributed by atoms with van der Waals surface area (Å²) >= 11 is 0. The summed E-state index contributed by atoms with van der Waals surface area (Å²) < 4.78 is 9.01. The van der Waals surface area contributed by atoms with Crippen LogP contribution in [0.3, 0.4) is 0 Å². The fourth-order valence-corrected chi connectivity index (χ4v) is 0.0510. The van der Waals surface area contributed by atoms with Crippen molar-refractivity contribution in [3.05, 3.63) is 12.3 Å². The molecule has 40 valence electrons. The Morgan fingerprint density at radius 1 is 1.43 bits per heavy atom. The fourth-order valence-electron chi connectivity index (χ4n) is 0.0510. The number of hydrogen-bond donors (Lipinski definition) is 0. The van der Waals surface area contributed by atoms with E-state index >= 15 is 0 Å². The number of rotatable bonds is 0. The van der Waals surface area contributed by atoms with Gasteiger partial charge < -0.3 is 9.47 Å². The van der Waals surface area contributed by atoms with Crippen molar-refractivity contribution in [1.29, 1.82) is 0 Å². The summed E-state index contributed by atoms with van der Waals surface area (Å²) in [4.78, 5) is 0. The van der Waals surface area contributed by atoms with Crippen molar-refractivity contribution in [2.75, 3.05) is 19.8 Å². The highest BCUT2D eigenvalue weighted by Gasteiger charge is 2.05. The summed E-state index contributed by atoms with van der Waals surface area (Å²) in [5.74, 6) is 0.917. The van der Waals surface area contributed by atoms with Crippen molar-refractivity contribution in [2.24, 2.45) is 0 Å². The molecule has 0 spiro atoms. The van der Waals surface area contributed by atoms with Gasteiger partial charge in [0.25, 0.3) is 0 Å². The van der Waals surface area contributed by atoms with Gasteiger partial charge in [-0.1, -0.05) is 6.58 Å². The van der Waals surface area contributed by atoms with Gasteiger partial charge in [-0.05, 0) is 0 Å². The van der Waals surface area contributed by atoms with E-state index in [0.717, 1.165) is 25.6 Å². The third kappa shape index (κ3) is 5.50. The standard InChI is InChI=1S/C3H4O.C2H4O/c1-3-2-4-3;1-2-3-1/h1-2H2;1-2H2. The lowest BCUT2D eigenvalue weighted by molar-refractivity contribution is 0.475. The molecular formula is C5H8O2. The van der Waals surface area contributed by atoms with Gasteiger partial charge in [-0.3, -0.25) is 0 Å². The average molecular weight is 100 g/mol. The zero-order valence-corrected chi connectivity index (χ0v) is 4.14. The van der Waals surface area contributed by atoms with E-state index in [-0.39, 0.29) is 0 Å². The molecule has 2 saturated heterocycles. The van der Waals surface area contributed by atoms with Gasteiger partial charge in [0.05, 0.1) is 13.2 Å². The van der Waals surface area contributed by atoms with Crippen LogP contribution in [0.15, 0.2) is 12.3 Å². The van der Waals surface area contributed by atoms with Crippen LogP contribution >= 0.6 is 0 Å². The smallest absolute Gasteiger partial charge is 0.144 e. The van der Waals surface area contributed by atoms with E-state index in [1.54, 1.807) is 0 Å². The predicted octanol–water partition coefficient (Wildman–Crippen LogP) is 0.547. The molecular weight excluding hydrogens is 92.1 g/mol. The molecule has 0 radical (unpaired) electrons. The molecule has 0 N–H and O–H groups in total. The molecule has 0 bridgehead atoms. The van der Waals surface area contributed by atoms with Crippen LogP contribution in [-0.4, -0.2) is 19.8 Å². The van der Waals surface area contributed by atoms with Gasteiger partial charge in [-0.2, -0.15) is 0 Å². The third-order valence-corrected chi connectivity index (χ3v) is 0.553. The normalized spacial score (nSPS) is 21.4. The number of ether oxygens (including phenoxy) is 2. The first kappa shape index (κ1) is 4.65. The molecule has 0 aromatic rings. The van der Waals surface area contributed by atoms with Crippen LogP contribution < -0.4 is 0 Å². The molecule has 2 rings (SSSR count). The SMILES string of the molecule is C1CO1.C=C1CO1. The molecule has 0 atom stereocenters. The lowest BCUT2D eigenvalue weighted by Crippen LogP contribution is -1.21. The Balaban J connectivity index is 0.0000000729. The van der Waals surface area contributed by atoms with Crippen LogP contribution in [0.5, 0.6) is 0 Å². The quantitative estimate of drug-likeness (QED) is 0.415. The Labute approximate surface area is 42.7 Å². The van der Waals surface area contributed by atoms with E-state index in [0.29, 0.717) is 0 Å². The second-order valence-electron chi connectivity index (χ2n) is 1.44. The van der Waals surface area contributed by atoms with Crippen LogP contribution in [-0.2, 0) is 9.47 Å². The Hall–Kier alpha value is -0.500. The van der Waals surface area contributed by atoms with Crippen LogP contribution in [0.4, 0.5) is 0 Å². The molecule has 2 heterocycles. The molecule has 0 saturated carbocycles. The van der Waals surface area contributed by atoms with Crippen molar-refractivity contribution in [1.82, 2.24) is 0 Å². The largest absolute Gasteiger partial charge is 0.487 e. The number of hydrogen-bond acceptors (Lipinski definition) is 2. The van der Waals surface area contributed by atoms with Gasteiger partial charge >= 0.3 is 0 Å². The summed E-state index contributed by atoms with van der Waals surface area (Å²) in [5, 5.41) is 0. The van der Waals surface area contributed by atoms with Gasteiger partial charge in [0.15, 0.2) is 0 Å². The summed E-state index contributed by atoms with van der Waals surface area (Å²) in [7, 11) is 0. The lowest BCUT2D eigenvalue weighted by atomic mass is 10.8. The topological polar surface area (TPSA) is 25.1 Å². The van der Waals surface area contributed by atoms with E-state index in [9.17, 15) is 0 Å².